The van der Waals surface area contributed by atoms with Gasteiger partial charge in [0.1, 0.15) is 0 Å². The number of hydrogen-bond donors (Lipinski definition) is 0. The summed E-state index contributed by atoms with van der Waals surface area (Å²) in [7, 11) is 0. The van der Waals surface area contributed by atoms with Gasteiger partial charge in [0.25, 0.3) is 0 Å². The predicted octanol–water partition coefficient (Wildman–Crippen LogP) is 17.6. The number of hydrogen-bond acceptors (Lipinski definition) is 0. The summed E-state index contributed by atoms with van der Waals surface area (Å²) in [6.07, 6.45) is 0. The molecule has 0 saturated carbocycles. The minimum atomic E-state index is 1.17. The highest BCUT2D eigenvalue weighted by Gasteiger charge is 2.22. The average molecular weight is 803 g/mol. The van der Waals surface area contributed by atoms with Crippen LogP contribution >= 0.6 is 0 Å². The van der Waals surface area contributed by atoms with Gasteiger partial charge in [-0.3, -0.25) is 0 Å². The fraction of sp³-hybridized carbons (Fsp3) is 0.100. The minimum absolute atomic E-state index is 1.17. The maximum atomic E-state index is 2.47. The zero-order chi connectivity index (χ0) is 43.0. The van der Waals surface area contributed by atoms with Gasteiger partial charge in [-0.1, -0.05) is 224 Å². The number of nitrogens with zero attached hydrogens (tertiary/aromatic N) is 2. The van der Waals surface area contributed by atoms with Gasteiger partial charge < -0.3 is 9.13 Å². The van der Waals surface area contributed by atoms with E-state index in [-0.39, 0.29) is 0 Å². The maximum absolute atomic E-state index is 2.47. The third-order valence-electron chi connectivity index (χ3n) is 11.4. The van der Waals surface area contributed by atoms with Crippen LogP contribution in [0.15, 0.2) is 218 Å². The Bertz CT molecular complexity index is 2980. The van der Waals surface area contributed by atoms with Gasteiger partial charge in [-0.2, -0.15) is 0 Å². The first-order chi connectivity index (χ1) is 30.8. The first-order valence-electron chi connectivity index (χ1n) is 22.3. The van der Waals surface area contributed by atoms with Crippen LogP contribution < -0.4 is 0 Å². The molecule has 0 amide bonds. The largest absolute Gasteiger partial charge is 0.309 e. The fourth-order valence-electron chi connectivity index (χ4n) is 8.81. The van der Waals surface area contributed by atoms with Crippen LogP contribution in [0.3, 0.4) is 0 Å². The van der Waals surface area contributed by atoms with E-state index in [1.165, 1.54) is 99.5 Å². The number of para-hydroxylation sites is 4. The van der Waals surface area contributed by atoms with E-state index in [1.54, 1.807) is 0 Å². The van der Waals surface area contributed by atoms with Crippen molar-refractivity contribution in [3.63, 3.8) is 0 Å². The topological polar surface area (TPSA) is 9.86 Å². The molecule has 0 N–H and O–H groups in total. The summed E-state index contributed by atoms with van der Waals surface area (Å²) in [4.78, 5) is 0. The van der Waals surface area contributed by atoms with Crippen LogP contribution in [0.2, 0.25) is 0 Å². The fourth-order valence-corrected chi connectivity index (χ4v) is 8.81. The van der Waals surface area contributed by atoms with Gasteiger partial charge in [-0.15, -0.1) is 0 Å². The molecule has 2 heterocycles. The van der Waals surface area contributed by atoms with Crippen LogP contribution in [-0.2, 0) is 0 Å². The van der Waals surface area contributed by atoms with Gasteiger partial charge in [0, 0.05) is 32.7 Å². The van der Waals surface area contributed by atoms with Gasteiger partial charge in [-0.05, 0) is 69.8 Å². The molecule has 0 aliphatic carbocycles. The highest BCUT2D eigenvalue weighted by Crippen LogP contribution is 2.44. The molecule has 0 aliphatic rings. The van der Waals surface area contributed by atoms with Crippen molar-refractivity contribution in [1.82, 2.24) is 9.13 Å². The van der Waals surface area contributed by atoms with Crippen molar-refractivity contribution in [3.8, 4) is 55.9 Å². The summed E-state index contributed by atoms with van der Waals surface area (Å²) in [5.74, 6) is 0. The Morgan fingerprint density at radius 1 is 0.226 bits per heavy atom. The molecule has 2 heteroatoms. The van der Waals surface area contributed by atoms with Crippen molar-refractivity contribution in [1.29, 1.82) is 0 Å². The van der Waals surface area contributed by atoms with E-state index >= 15 is 0 Å². The summed E-state index contributed by atoms with van der Waals surface area (Å²) >= 11 is 0. The molecule has 0 radical (unpaired) electrons. The second-order valence-corrected chi connectivity index (χ2v) is 14.5. The molecule has 0 atom stereocenters. The molecule has 0 bridgehead atoms. The van der Waals surface area contributed by atoms with Crippen LogP contribution in [0.1, 0.15) is 41.5 Å². The molecule has 0 aliphatic heterocycles. The van der Waals surface area contributed by atoms with Gasteiger partial charge in [0.15, 0.2) is 0 Å². The van der Waals surface area contributed by atoms with E-state index in [1.807, 2.05) is 41.5 Å². The van der Waals surface area contributed by atoms with Gasteiger partial charge in [0.2, 0.25) is 0 Å². The Labute approximate surface area is 367 Å². The Balaban J connectivity index is 0.000000847. The van der Waals surface area contributed by atoms with E-state index in [9.17, 15) is 0 Å². The number of benzene rings is 9. The lowest BCUT2D eigenvalue weighted by molar-refractivity contribution is 1.17. The highest BCUT2D eigenvalue weighted by molar-refractivity contribution is 6.29. The van der Waals surface area contributed by atoms with Crippen molar-refractivity contribution in [2.75, 3.05) is 0 Å². The lowest BCUT2D eigenvalue weighted by Crippen LogP contribution is -1.98. The van der Waals surface area contributed by atoms with Crippen LogP contribution in [0.25, 0.3) is 99.5 Å². The first kappa shape index (κ1) is 41.3. The smallest absolute Gasteiger partial charge is 0.0549 e. The van der Waals surface area contributed by atoms with Gasteiger partial charge in [0.05, 0.1) is 33.4 Å². The first-order valence-corrected chi connectivity index (χ1v) is 22.3. The standard InChI is InChI=1S/C54H36N2.3C2H6/c1-3-15-37(16-4-1)39-27-31-41(32-28-39)43-19-7-11-23-47(43)55-49-25-13-9-21-45(49)53-51(55)35-36-52-54(53)46-22-10-14-26-50(46)56(52)48-24-12-8-20-44(48)42-33-29-40(30-34-42)38-17-5-2-6-18-38;3*1-2/h1-36H;3*1-2H3. The van der Waals surface area contributed by atoms with E-state index in [0.717, 1.165) is 0 Å². The van der Waals surface area contributed by atoms with E-state index in [0.29, 0.717) is 0 Å². The molecule has 0 unspecified atom stereocenters. The number of fused-ring (bicyclic) bond motifs is 7. The molecular formula is C60H54N2. The Morgan fingerprint density at radius 2 is 0.516 bits per heavy atom. The van der Waals surface area contributed by atoms with Crippen molar-refractivity contribution < 1.29 is 0 Å². The Hall–Kier alpha value is -7.42. The van der Waals surface area contributed by atoms with Crippen LogP contribution in [0.4, 0.5) is 0 Å². The van der Waals surface area contributed by atoms with Crippen LogP contribution in [-0.4, -0.2) is 9.13 Å². The maximum Gasteiger partial charge on any atom is 0.0549 e. The van der Waals surface area contributed by atoms with Crippen molar-refractivity contribution >= 4 is 43.6 Å². The number of rotatable bonds is 6. The zero-order valence-electron chi connectivity index (χ0n) is 36.7. The third-order valence-corrected chi connectivity index (χ3v) is 11.4. The summed E-state index contributed by atoms with van der Waals surface area (Å²) in [6, 6.07) is 79.3. The second-order valence-electron chi connectivity index (χ2n) is 14.5. The van der Waals surface area contributed by atoms with Crippen molar-refractivity contribution in [2.24, 2.45) is 0 Å². The predicted molar refractivity (Wildman–Crippen MR) is 271 cm³/mol. The molecule has 62 heavy (non-hydrogen) atoms. The number of aromatic nitrogens is 2. The minimum Gasteiger partial charge on any atom is -0.309 e. The molecule has 11 aromatic rings. The highest BCUT2D eigenvalue weighted by atomic mass is 15.0. The van der Waals surface area contributed by atoms with Crippen molar-refractivity contribution in [2.45, 2.75) is 41.5 Å². The van der Waals surface area contributed by atoms with Gasteiger partial charge in [-0.25, -0.2) is 0 Å². The second kappa shape index (κ2) is 18.9. The normalized spacial score (nSPS) is 10.7. The third kappa shape index (κ3) is 7.39. The Morgan fingerprint density at radius 3 is 0.903 bits per heavy atom. The summed E-state index contributed by atoms with van der Waals surface area (Å²) in [6.45, 7) is 12.0. The molecule has 0 saturated heterocycles. The lowest BCUT2D eigenvalue weighted by Gasteiger charge is -2.15. The molecule has 9 aromatic carbocycles. The summed E-state index contributed by atoms with van der Waals surface area (Å²) in [5.41, 5.74) is 16.8. The zero-order valence-corrected chi connectivity index (χ0v) is 36.7. The van der Waals surface area contributed by atoms with Crippen LogP contribution in [0, 0.1) is 0 Å². The molecule has 304 valence electrons. The molecular weight excluding hydrogens is 749 g/mol. The molecule has 2 nitrogen and oxygen atoms in total. The van der Waals surface area contributed by atoms with E-state index in [2.05, 4.69) is 228 Å². The lowest BCUT2D eigenvalue weighted by atomic mass is 9.99. The van der Waals surface area contributed by atoms with Crippen molar-refractivity contribution in [3.05, 3.63) is 218 Å². The van der Waals surface area contributed by atoms with E-state index in [4.69, 9.17) is 0 Å². The molecule has 0 spiro atoms. The summed E-state index contributed by atoms with van der Waals surface area (Å²) < 4.78 is 4.94. The SMILES string of the molecule is CC.CC.CC.c1ccc(-c2ccc(-c3ccccc3-n3c4ccccc4c4c5c6ccccc6n(-c6ccccc6-c6ccc(-c7ccccc7)cc6)c5ccc43)cc2)cc1. The van der Waals surface area contributed by atoms with Gasteiger partial charge >= 0.3 is 0 Å². The molecule has 0 fully saturated rings. The van der Waals surface area contributed by atoms with Crippen LogP contribution in [0.5, 0.6) is 0 Å². The Kier molecular flexibility index (Phi) is 12.6. The quantitative estimate of drug-likeness (QED) is 0.158. The average Bonchev–Trinajstić information content (AvgIpc) is 3.89. The molecule has 2 aromatic heterocycles. The molecule has 11 rings (SSSR count). The van der Waals surface area contributed by atoms with E-state index < -0.39 is 0 Å². The summed E-state index contributed by atoms with van der Waals surface area (Å²) in [5, 5.41) is 5.03. The monoisotopic (exact) mass is 802 g/mol.